The minimum Gasteiger partial charge on any atom is -0.411 e. The zero-order chi connectivity index (χ0) is 13.0. The van der Waals surface area contributed by atoms with E-state index in [1.165, 1.54) is 0 Å². The molecule has 1 heterocycles. The Kier molecular flexibility index (Phi) is 4.93. The molecule has 1 rings (SSSR count). The van der Waals surface area contributed by atoms with Crippen molar-refractivity contribution in [3.63, 3.8) is 0 Å². The normalized spacial score (nSPS) is 26.2. The highest BCUT2D eigenvalue weighted by Gasteiger charge is 2.29. The van der Waals surface area contributed by atoms with Crippen molar-refractivity contribution in [3.05, 3.63) is 0 Å². The van der Waals surface area contributed by atoms with Crippen LogP contribution in [-0.2, 0) is 4.79 Å². The average molecular weight is 241 g/mol. The van der Waals surface area contributed by atoms with E-state index in [9.17, 15) is 4.79 Å². The van der Waals surface area contributed by atoms with Gasteiger partial charge in [-0.1, -0.05) is 12.1 Å². The molecule has 2 unspecified atom stereocenters. The van der Waals surface area contributed by atoms with Gasteiger partial charge in [0.1, 0.15) is 0 Å². The molecule has 0 aromatic rings. The maximum Gasteiger partial charge on any atom is 0.237 e. The van der Waals surface area contributed by atoms with Gasteiger partial charge in [-0.15, -0.1) is 0 Å². The number of rotatable bonds is 3. The maximum atomic E-state index is 11.9. The smallest absolute Gasteiger partial charge is 0.237 e. The van der Waals surface area contributed by atoms with Crippen LogP contribution in [0, 0.1) is 5.92 Å². The van der Waals surface area contributed by atoms with E-state index in [2.05, 4.69) is 15.4 Å². The third-order valence-corrected chi connectivity index (χ3v) is 3.22. The number of hydrogen-bond donors (Lipinski definition) is 2. The number of likely N-dealkylation sites (tertiary alicyclic amines) is 1. The fourth-order valence-corrected chi connectivity index (χ4v) is 2.12. The Morgan fingerprint density at radius 1 is 1.53 bits per heavy atom. The highest BCUT2D eigenvalue weighted by Crippen LogP contribution is 2.16. The van der Waals surface area contributed by atoms with Gasteiger partial charge in [-0.25, -0.2) is 0 Å². The van der Waals surface area contributed by atoms with Crippen molar-refractivity contribution >= 4 is 11.6 Å². The summed E-state index contributed by atoms with van der Waals surface area (Å²) in [6.07, 6.45) is 0.733. The predicted molar refractivity (Wildman–Crippen MR) is 67.3 cm³/mol. The standard InChI is InChI=1S/C12H23N3O2/c1-8(2)13-12(16)10(4)15-6-5-11(14-17)9(3)7-15/h8-10,17H,5-7H2,1-4H3,(H,13,16). The van der Waals surface area contributed by atoms with Crippen molar-refractivity contribution < 1.29 is 10.0 Å². The average Bonchev–Trinajstić information content (AvgIpc) is 2.27. The van der Waals surface area contributed by atoms with Crippen LogP contribution in [-0.4, -0.2) is 46.9 Å². The summed E-state index contributed by atoms with van der Waals surface area (Å²) in [6, 6.07) is 0.0434. The Hall–Kier alpha value is -1.10. The van der Waals surface area contributed by atoms with Crippen LogP contribution in [0.2, 0.25) is 0 Å². The monoisotopic (exact) mass is 241 g/mol. The molecule has 2 atom stereocenters. The number of piperidine rings is 1. The molecule has 0 radical (unpaired) electrons. The largest absolute Gasteiger partial charge is 0.411 e. The van der Waals surface area contributed by atoms with Gasteiger partial charge in [-0.2, -0.15) is 0 Å². The SMILES string of the molecule is CC(C)NC(=O)C(C)N1CCC(=NO)C(C)C1. The molecule has 1 fully saturated rings. The second-order valence-electron chi connectivity index (χ2n) is 5.08. The fourth-order valence-electron chi connectivity index (χ4n) is 2.12. The van der Waals surface area contributed by atoms with E-state index < -0.39 is 0 Å². The van der Waals surface area contributed by atoms with E-state index >= 15 is 0 Å². The number of nitrogens with zero attached hydrogens (tertiary/aromatic N) is 2. The first kappa shape index (κ1) is 14.0. The van der Waals surface area contributed by atoms with Gasteiger partial charge in [-0.05, 0) is 20.8 Å². The lowest BCUT2D eigenvalue weighted by molar-refractivity contribution is -0.126. The molecule has 0 aromatic heterocycles. The molecular formula is C12H23N3O2. The van der Waals surface area contributed by atoms with Crippen molar-refractivity contribution in [1.82, 2.24) is 10.2 Å². The quantitative estimate of drug-likeness (QED) is 0.574. The molecule has 2 N–H and O–H groups in total. The summed E-state index contributed by atoms with van der Waals surface area (Å²) in [5.41, 5.74) is 0.831. The minimum atomic E-state index is -0.125. The van der Waals surface area contributed by atoms with E-state index in [0.717, 1.165) is 25.2 Å². The summed E-state index contributed by atoms with van der Waals surface area (Å²) in [4.78, 5) is 14.0. The summed E-state index contributed by atoms with van der Waals surface area (Å²) in [7, 11) is 0. The molecule has 0 bridgehead atoms. The second kappa shape index (κ2) is 6.00. The molecule has 0 aliphatic carbocycles. The lowest BCUT2D eigenvalue weighted by Crippen LogP contribution is -2.51. The van der Waals surface area contributed by atoms with Gasteiger partial charge in [-0.3, -0.25) is 9.69 Å². The lowest BCUT2D eigenvalue weighted by Gasteiger charge is -2.35. The zero-order valence-corrected chi connectivity index (χ0v) is 11.1. The van der Waals surface area contributed by atoms with Gasteiger partial charge in [0.2, 0.25) is 5.91 Å². The molecule has 1 saturated heterocycles. The molecule has 1 aliphatic rings. The minimum absolute atomic E-state index is 0.0663. The van der Waals surface area contributed by atoms with Gasteiger partial charge in [0, 0.05) is 31.5 Å². The van der Waals surface area contributed by atoms with E-state index in [-0.39, 0.29) is 23.9 Å². The number of hydrogen-bond acceptors (Lipinski definition) is 4. The lowest BCUT2D eigenvalue weighted by atomic mass is 9.96. The summed E-state index contributed by atoms with van der Waals surface area (Å²) in [5.74, 6) is 0.277. The Morgan fingerprint density at radius 2 is 2.18 bits per heavy atom. The van der Waals surface area contributed by atoms with Crippen molar-refractivity contribution in [2.75, 3.05) is 13.1 Å². The first-order valence-corrected chi connectivity index (χ1v) is 6.21. The number of amides is 1. The van der Waals surface area contributed by atoms with Gasteiger partial charge < -0.3 is 10.5 Å². The summed E-state index contributed by atoms with van der Waals surface area (Å²) in [6.45, 7) is 9.40. The molecule has 1 amide bonds. The molecule has 5 heteroatoms. The Labute approximate surface area is 103 Å². The number of oxime groups is 1. The van der Waals surface area contributed by atoms with Crippen molar-refractivity contribution in [2.45, 2.75) is 46.2 Å². The zero-order valence-electron chi connectivity index (χ0n) is 11.1. The second-order valence-corrected chi connectivity index (χ2v) is 5.08. The van der Waals surface area contributed by atoms with Crippen LogP contribution in [0.4, 0.5) is 0 Å². The van der Waals surface area contributed by atoms with Gasteiger partial charge in [0.25, 0.3) is 0 Å². The first-order chi connectivity index (χ1) is 7.95. The van der Waals surface area contributed by atoms with Gasteiger partial charge >= 0.3 is 0 Å². The van der Waals surface area contributed by atoms with E-state index in [0.29, 0.717) is 0 Å². The highest BCUT2D eigenvalue weighted by molar-refractivity contribution is 5.87. The van der Waals surface area contributed by atoms with Gasteiger partial charge in [0.15, 0.2) is 0 Å². The van der Waals surface area contributed by atoms with Crippen molar-refractivity contribution in [2.24, 2.45) is 11.1 Å². The molecule has 17 heavy (non-hydrogen) atoms. The molecular weight excluding hydrogens is 218 g/mol. The highest BCUT2D eigenvalue weighted by atomic mass is 16.4. The fraction of sp³-hybridized carbons (Fsp3) is 0.833. The van der Waals surface area contributed by atoms with Crippen molar-refractivity contribution in [3.8, 4) is 0 Å². The topological polar surface area (TPSA) is 64.9 Å². The summed E-state index contributed by atoms with van der Waals surface area (Å²) < 4.78 is 0. The van der Waals surface area contributed by atoms with Crippen LogP contribution in [0.5, 0.6) is 0 Å². The molecule has 0 spiro atoms. The third kappa shape index (κ3) is 3.70. The predicted octanol–water partition coefficient (Wildman–Crippen LogP) is 1.07. The van der Waals surface area contributed by atoms with E-state index in [1.54, 1.807) is 0 Å². The van der Waals surface area contributed by atoms with Crippen molar-refractivity contribution in [1.29, 1.82) is 0 Å². The summed E-state index contributed by atoms with van der Waals surface area (Å²) >= 11 is 0. The van der Waals surface area contributed by atoms with Crippen LogP contribution in [0.25, 0.3) is 0 Å². The van der Waals surface area contributed by atoms with Crippen LogP contribution < -0.4 is 5.32 Å². The Balaban J connectivity index is 2.54. The molecule has 98 valence electrons. The van der Waals surface area contributed by atoms with Crippen LogP contribution >= 0.6 is 0 Å². The Bertz CT molecular complexity index is 302. The van der Waals surface area contributed by atoms with Crippen LogP contribution in [0.1, 0.15) is 34.1 Å². The van der Waals surface area contributed by atoms with E-state index in [1.807, 2.05) is 27.7 Å². The molecule has 5 nitrogen and oxygen atoms in total. The maximum absolute atomic E-state index is 11.9. The number of carbonyl (C=O) groups is 1. The Morgan fingerprint density at radius 3 is 2.65 bits per heavy atom. The van der Waals surface area contributed by atoms with Crippen LogP contribution in [0.15, 0.2) is 5.16 Å². The first-order valence-electron chi connectivity index (χ1n) is 6.21. The molecule has 1 aliphatic heterocycles. The van der Waals surface area contributed by atoms with Crippen LogP contribution in [0.3, 0.4) is 0 Å². The van der Waals surface area contributed by atoms with E-state index in [4.69, 9.17) is 5.21 Å². The summed E-state index contributed by atoms with van der Waals surface area (Å²) in [5, 5.41) is 15.0. The third-order valence-electron chi connectivity index (χ3n) is 3.22. The number of carbonyl (C=O) groups excluding carboxylic acids is 1. The molecule has 0 saturated carbocycles. The molecule has 0 aromatic carbocycles. The van der Waals surface area contributed by atoms with Gasteiger partial charge in [0.05, 0.1) is 11.8 Å². The number of nitrogens with one attached hydrogen (secondary N) is 1.